The lowest BCUT2D eigenvalue weighted by Gasteiger charge is -2.24. The Morgan fingerprint density at radius 1 is 0.550 bits per heavy atom. The van der Waals surface area contributed by atoms with Gasteiger partial charge >= 0.3 is 24.4 Å². The van der Waals surface area contributed by atoms with Crippen LogP contribution in [0.4, 0.5) is 41.9 Å². The van der Waals surface area contributed by atoms with Crippen molar-refractivity contribution < 1.29 is 38.1 Å². The molecule has 0 aromatic heterocycles. The van der Waals surface area contributed by atoms with Gasteiger partial charge in [-0.05, 0) is 171 Å². The van der Waals surface area contributed by atoms with Crippen LogP contribution in [0, 0.1) is 5.92 Å². The molecule has 3 aromatic carbocycles. The number of carbonyl (C=O) groups is 4. The van der Waals surface area contributed by atoms with E-state index in [1.54, 1.807) is 95.2 Å². The van der Waals surface area contributed by atoms with Crippen molar-refractivity contribution >= 4 is 52.7 Å². The Balaban J connectivity index is 1.49. The van der Waals surface area contributed by atoms with Crippen LogP contribution in [0.25, 0.3) is 16.7 Å². The molecule has 5 aliphatic carbocycles. The third-order valence-electron chi connectivity index (χ3n) is 8.90. The number of hydrogen-bond acceptors (Lipinski definition) is 8. The summed E-state index contributed by atoms with van der Waals surface area (Å²) in [6.45, 7) is 21.4. The molecule has 12 heteroatoms. The van der Waals surface area contributed by atoms with Gasteiger partial charge in [-0.1, -0.05) is 54.6 Å². The minimum Gasteiger partial charge on any atom is -0.444 e. The van der Waals surface area contributed by atoms with E-state index in [-0.39, 0.29) is 5.92 Å². The minimum atomic E-state index is -0.731. The highest BCUT2D eigenvalue weighted by atomic mass is 16.6. The van der Waals surface area contributed by atoms with Gasteiger partial charge in [-0.2, -0.15) is 0 Å². The van der Waals surface area contributed by atoms with Gasteiger partial charge in [-0.25, -0.2) is 19.2 Å². The Kier molecular flexibility index (Phi) is 13.3. The average molecular weight is 821 g/mol. The van der Waals surface area contributed by atoms with Gasteiger partial charge in [-0.15, -0.1) is 0 Å². The Bertz CT molecular complexity index is 2230. The molecule has 12 nitrogen and oxygen atoms in total. The standard InChI is InChI=1S/C48H60N4O8/c1-45(2,3)57-41(53)49-37-23-21-33(27-39(37)51-43(55)59-47(7,8)9)35-25-29-13-17-31(35)19-15-30-14-18-32(20-16-29)36(26-30)34-22-24-38(50-42(54)58-46(4,5)6)40(28-34)52-44(56)60-48(10,11)12/h13-14,17-19,21-29H,15-16,20H2,1-12H3,(H,49,53)(H,50,54)(H,51,55)(H,52,56)/b31-19-/t29-/m0/s1. The number of carbonyl (C=O) groups excluding carboxylic acids is 4. The molecule has 0 unspecified atom stereocenters. The molecule has 60 heavy (non-hydrogen) atoms. The molecule has 8 rings (SSSR count). The zero-order valence-corrected chi connectivity index (χ0v) is 37.0. The fourth-order valence-electron chi connectivity index (χ4n) is 6.59. The summed E-state index contributed by atoms with van der Waals surface area (Å²) in [5, 5.41) is 11.2. The molecule has 4 bridgehead atoms. The maximum atomic E-state index is 13.0. The zero-order chi connectivity index (χ0) is 44.2. The Morgan fingerprint density at radius 2 is 1.00 bits per heavy atom. The summed E-state index contributed by atoms with van der Waals surface area (Å²) in [5.41, 5.74) is 5.51. The maximum Gasteiger partial charge on any atom is 0.412 e. The first-order chi connectivity index (χ1) is 27.8. The number of nitrogens with one attached hydrogen (secondary N) is 4. The lowest BCUT2D eigenvalue weighted by Crippen LogP contribution is -2.29. The number of rotatable bonds is 6. The van der Waals surface area contributed by atoms with Crippen molar-refractivity contribution in [2.24, 2.45) is 5.92 Å². The van der Waals surface area contributed by atoms with Crippen LogP contribution in [-0.2, 0) is 31.8 Å². The Morgan fingerprint density at radius 3 is 1.48 bits per heavy atom. The second kappa shape index (κ2) is 17.7. The number of anilines is 4. The number of ether oxygens (including phenoxy) is 4. The quantitative estimate of drug-likeness (QED) is 0.179. The summed E-state index contributed by atoms with van der Waals surface area (Å²) >= 11 is 0. The normalized spacial score (nSPS) is 16.2. The van der Waals surface area contributed by atoms with E-state index >= 15 is 0 Å². The number of allylic oxidation sites excluding steroid dienone is 6. The molecule has 4 amide bonds. The van der Waals surface area contributed by atoms with Gasteiger partial charge in [0.1, 0.15) is 22.4 Å². The van der Waals surface area contributed by atoms with E-state index in [0.29, 0.717) is 29.2 Å². The van der Waals surface area contributed by atoms with Crippen LogP contribution in [0.5, 0.6) is 0 Å². The van der Waals surface area contributed by atoms with Crippen LogP contribution < -0.4 is 21.3 Å². The molecule has 0 aliphatic heterocycles. The summed E-state index contributed by atoms with van der Waals surface area (Å²) in [5.74, 6) is 0.0794. The molecule has 0 heterocycles. The fraction of sp³-hybridized carbons (Fsp3) is 0.417. The van der Waals surface area contributed by atoms with Gasteiger partial charge in [0.15, 0.2) is 0 Å². The van der Waals surface area contributed by atoms with Crippen molar-refractivity contribution in [1.29, 1.82) is 0 Å². The van der Waals surface area contributed by atoms with E-state index in [0.717, 1.165) is 51.8 Å². The van der Waals surface area contributed by atoms with E-state index < -0.39 is 46.8 Å². The highest BCUT2D eigenvalue weighted by molar-refractivity contribution is 5.98. The van der Waals surface area contributed by atoms with E-state index in [4.69, 9.17) is 18.9 Å². The second-order valence-corrected chi connectivity index (χ2v) is 19.0. The van der Waals surface area contributed by atoms with E-state index in [2.05, 4.69) is 63.8 Å². The number of amides is 4. The molecule has 0 spiro atoms. The molecule has 5 aliphatic rings. The van der Waals surface area contributed by atoms with E-state index in [1.807, 2.05) is 24.3 Å². The first-order valence-electron chi connectivity index (χ1n) is 20.3. The minimum absolute atomic E-state index is 0.0794. The van der Waals surface area contributed by atoms with E-state index in [1.165, 1.54) is 0 Å². The lowest BCUT2D eigenvalue weighted by atomic mass is 9.83. The SMILES string of the molecule is CC(C)(C)OC(=O)Nc1ccc(C2=C[C@H]3C=C/C2=C/Cc2ccc(c(-c4ccc(NC(=O)OC(C)(C)C)c(NC(=O)OC(C)(C)C)c4)c2)CC3)cc1NC(=O)OC(C)(C)C. The van der Waals surface area contributed by atoms with Crippen molar-refractivity contribution in [3.63, 3.8) is 0 Å². The third-order valence-corrected chi connectivity index (χ3v) is 8.90. The van der Waals surface area contributed by atoms with Gasteiger partial charge < -0.3 is 18.9 Å². The topological polar surface area (TPSA) is 153 Å². The molecular formula is C48H60N4O8. The molecule has 320 valence electrons. The largest absolute Gasteiger partial charge is 0.444 e. The molecule has 0 saturated carbocycles. The monoisotopic (exact) mass is 820 g/mol. The van der Waals surface area contributed by atoms with Crippen molar-refractivity contribution in [3.8, 4) is 11.1 Å². The van der Waals surface area contributed by atoms with Gasteiger partial charge in [-0.3, -0.25) is 21.3 Å². The highest BCUT2D eigenvalue weighted by Gasteiger charge is 2.25. The molecule has 0 radical (unpaired) electrons. The van der Waals surface area contributed by atoms with Crippen LogP contribution in [0.2, 0.25) is 0 Å². The molecule has 1 atom stereocenters. The van der Waals surface area contributed by atoms with Crippen molar-refractivity contribution in [1.82, 2.24) is 0 Å². The van der Waals surface area contributed by atoms with Crippen LogP contribution in [0.1, 0.15) is 106 Å². The Labute approximate surface area is 354 Å². The molecule has 4 N–H and O–H groups in total. The molecule has 3 aromatic rings. The smallest absolute Gasteiger partial charge is 0.412 e. The summed E-state index contributed by atoms with van der Waals surface area (Å²) in [6, 6.07) is 17.5. The van der Waals surface area contributed by atoms with Gasteiger partial charge in [0.25, 0.3) is 0 Å². The van der Waals surface area contributed by atoms with Gasteiger partial charge in [0.2, 0.25) is 0 Å². The highest BCUT2D eigenvalue weighted by Crippen LogP contribution is 2.39. The number of hydrogen-bond donors (Lipinski definition) is 4. The molecular weight excluding hydrogens is 761 g/mol. The lowest BCUT2D eigenvalue weighted by molar-refractivity contribution is 0.0621. The van der Waals surface area contributed by atoms with E-state index in [9.17, 15) is 19.2 Å². The summed E-state index contributed by atoms with van der Waals surface area (Å²) in [4.78, 5) is 51.6. The second-order valence-electron chi connectivity index (χ2n) is 19.0. The van der Waals surface area contributed by atoms with Gasteiger partial charge in [0, 0.05) is 0 Å². The van der Waals surface area contributed by atoms with Crippen molar-refractivity contribution in [3.05, 3.63) is 101 Å². The van der Waals surface area contributed by atoms with Crippen molar-refractivity contribution in [2.75, 3.05) is 21.3 Å². The average Bonchev–Trinajstić information content (AvgIpc) is 3.07. The first-order valence-corrected chi connectivity index (χ1v) is 20.3. The number of aryl methyl sites for hydroxylation is 1. The summed E-state index contributed by atoms with van der Waals surface area (Å²) in [7, 11) is 0. The zero-order valence-electron chi connectivity index (χ0n) is 37.0. The van der Waals surface area contributed by atoms with Crippen molar-refractivity contribution in [2.45, 2.75) is 125 Å². The predicted molar refractivity (Wildman–Crippen MR) is 238 cm³/mol. The molecule has 0 saturated heterocycles. The van der Waals surface area contributed by atoms with Crippen LogP contribution in [0.3, 0.4) is 0 Å². The van der Waals surface area contributed by atoms with Crippen LogP contribution in [-0.4, -0.2) is 46.8 Å². The third kappa shape index (κ3) is 13.5. The number of benzene rings is 3. The fourth-order valence-corrected chi connectivity index (χ4v) is 6.59. The Hall–Kier alpha value is -6.04. The van der Waals surface area contributed by atoms with Gasteiger partial charge in [0.05, 0.1) is 22.7 Å². The summed E-state index contributed by atoms with van der Waals surface area (Å²) in [6.07, 6.45) is 8.32. The summed E-state index contributed by atoms with van der Waals surface area (Å²) < 4.78 is 22.1. The van der Waals surface area contributed by atoms with Crippen LogP contribution >= 0.6 is 0 Å². The molecule has 0 fully saturated rings. The maximum absolute atomic E-state index is 13.0. The van der Waals surface area contributed by atoms with Crippen LogP contribution in [0.15, 0.2) is 84.5 Å². The first kappa shape index (κ1) is 45.1. The predicted octanol–water partition coefficient (Wildman–Crippen LogP) is 12.4.